The Morgan fingerprint density at radius 2 is 2.08 bits per heavy atom. The molecule has 2 heterocycles. The van der Waals surface area contributed by atoms with E-state index in [2.05, 4.69) is 50.9 Å². The second kappa shape index (κ2) is 6.39. The summed E-state index contributed by atoms with van der Waals surface area (Å²) >= 11 is 1.58. The van der Waals surface area contributed by atoms with Gasteiger partial charge in [-0.3, -0.25) is 0 Å². The molecule has 24 heavy (non-hydrogen) atoms. The maximum atomic E-state index is 5.33. The Hall–Kier alpha value is -2.15. The number of benzene rings is 1. The first kappa shape index (κ1) is 15.4. The first-order valence-electron chi connectivity index (χ1n) is 8.20. The average Bonchev–Trinajstić information content (AvgIpc) is 3.20. The summed E-state index contributed by atoms with van der Waals surface area (Å²) in [6.45, 7) is 5.01. The third kappa shape index (κ3) is 2.96. The third-order valence-electron chi connectivity index (χ3n) is 4.17. The van der Waals surface area contributed by atoms with Gasteiger partial charge < -0.3 is 9.09 Å². The number of hydrogen-bond acceptors (Lipinski definition) is 6. The second-order valence-electron chi connectivity index (χ2n) is 5.97. The van der Waals surface area contributed by atoms with E-state index in [0.29, 0.717) is 17.6 Å². The van der Waals surface area contributed by atoms with Crippen LogP contribution in [0.2, 0.25) is 0 Å². The molecule has 4 rings (SSSR count). The SMILES string of the molecule is CCn1c(SCc2nc(C3CC3)no2)nnc1-c1ccccc1C. The normalized spacial score (nSPS) is 14.2. The van der Waals surface area contributed by atoms with Crippen LogP contribution in [0, 0.1) is 6.92 Å². The van der Waals surface area contributed by atoms with Crippen LogP contribution < -0.4 is 0 Å². The smallest absolute Gasteiger partial charge is 0.237 e. The van der Waals surface area contributed by atoms with E-state index in [4.69, 9.17) is 4.52 Å². The van der Waals surface area contributed by atoms with Crippen LogP contribution in [-0.4, -0.2) is 24.9 Å². The number of nitrogens with zero attached hydrogens (tertiary/aromatic N) is 5. The quantitative estimate of drug-likeness (QED) is 0.635. The Morgan fingerprint density at radius 1 is 1.25 bits per heavy atom. The van der Waals surface area contributed by atoms with Crippen molar-refractivity contribution in [2.45, 2.75) is 50.1 Å². The van der Waals surface area contributed by atoms with E-state index in [-0.39, 0.29) is 0 Å². The standard InChI is InChI=1S/C17H19N5OS/c1-3-22-16(13-7-5-4-6-11(13)2)19-20-17(22)24-10-14-18-15(21-23-14)12-8-9-12/h4-7,12H,3,8-10H2,1-2H3. The molecule has 7 heteroatoms. The zero-order chi connectivity index (χ0) is 16.5. The summed E-state index contributed by atoms with van der Waals surface area (Å²) in [6.07, 6.45) is 2.35. The minimum absolute atomic E-state index is 0.513. The molecule has 0 spiro atoms. The first-order chi connectivity index (χ1) is 11.8. The zero-order valence-electron chi connectivity index (χ0n) is 13.8. The summed E-state index contributed by atoms with van der Waals surface area (Å²) in [5.74, 6) is 3.54. The van der Waals surface area contributed by atoms with Gasteiger partial charge in [0.15, 0.2) is 16.8 Å². The van der Waals surface area contributed by atoms with Crippen molar-refractivity contribution in [3.63, 3.8) is 0 Å². The average molecular weight is 341 g/mol. The van der Waals surface area contributed by atoms with Crippen molar-refractivity contribution in [2.24, 2.45) is 0 Å². The molecule has 3 aromatic rings. The molecule has 0 radical (unpaired) electrons. The molecule has 0 aliphatic heterocycles. The molecule has 0 bridgehead atoms. The van der Waals surface area contributed by atoms with Gasteiger partial charge in [0.25, 0.3) is 0 Å². The first-order valence-corrected chi connectivity index (χ1v) is 9.19. The van der Waals surface area contributed by atoms with Crippen molar-refractivity contribution in [2.75, 3.05) is 0 Å². The highest BCUT2D eigenvalue weighted by Gasteiger charge is 2.28. The molecule has 0 saturated heterocycles. The summed E-state index contributed by atoms with van der Waals surface area (Å²) in [4.78, 5) is 4.47. The van der Waals surface area contributed by atoms with Gasteiger partial charge in [-0.2, -0.15) is 4.98 Å². The van der Waals surface area contributed by atoms with Crippen LogP contribution in [0.5, 0.6) is 0 Å². The lowest BCUT2D eigenvalue weighted by molar-refractivity contribution is 0.385. The predicted octanol–water partition coefficient (Wildman–Crippen LogP) is 3.83. The fourth-order valence-corrected chi connectivity index (χ4v) is 3.50. The molecule has 0 amide bonds. The van der Waals surface area contributed by atoms with Crippen LogP contribution in [0.15, 0.2) is 33.9 Å². The van der Waals surface area contributed by atoms with Crippen molar-refractivity contribution in [1.29, 1.82) is 0 Å². The highest BCUT2D eigenvalue weighted by atomic mass is 32.2. The molecule has 1 aliphatic carbocycles. The number of thioether (sulfide) groups is 1. The molecular formula is C17H19N5OS. The highest BCUT2D eigenvalue weighted by molar-refractivity contribution is 7.98. The molecule has 1 aromatic carbocycles. The van der Waals surface area contributed by atoms with Gasteiger partial charge in [-0.05, 0) is 32.3 Å². The fraction of sp³-hybridized carbons (Fsp3) is 0.412. The molecule has 2 aromatic heterocycles. The van der Waals surface area contributed by atoms with E-state index in [0.717, 1.165) is 28.9 Å². The Bertz CT molecular complexity index is 852. The Labute approximate surface area is 144 Å². The molecule has 0 unspecified atom stereocenters. The van der Waals surface area contributed by atoms with Gasteiger partial charge in [-0.1, -0.05) is 41.2 Å². The lowest BCUT2D eigenvalue weighted by atomic mass is 10.1. The molecule has 1 saturated carbocycles. The van der Waals surface area contributed by atoms with E-state index < -0.39 is 0 Å². The monoisotopic (exact) mass is 341 g/mol. The van der Waals surface area contributed by atoms with E-state index >= 15 is 0 Å². The van der Waals surface area contributed by atoms with E-state index in [1.165, 1.54) is 18.4 Å². The van der Waals surface area contributed by atoms with Crippen molar-refractivity contribution in [3.05, 3.63) is 41.5 Å². The van der Waals surface area contributed by atoms with Gasteiger partial charge >= 0.3 is 0 Å². The Morgan fingerprint density at radius 3 is 2.83 bits per heavy atom. The maximum absolute atomic E-state index is 5.33. The minimum Gasteiger partial charge on any atom is -0.338 e. The van der Waals surface area contributed by atoms with E-state index in [1.807, 2.05) is 12.1 Å². The van der Waals surface area contributed by atoms with E-state index in [1.54, 1.807) is 11.8 Å². The van der Waals surface area contributed by atoms with Gasteiger partial charge in [0.2, 0.25) is 5.89 Å². The fourth-order valence-electron chi connectivity index (χ4n) is 2.66. The van der Waals surface area contributed by atoms with Crippen LogP contribution in [0.3, 0.4) is 0 Å². The molecular weight excluding hydrogens is 322 g/mol. The topological polar surface area (TPSA) is 69.6 Å². The van der Waals surface area contributed by atoms with Crippen LogP contribution in [0.4, 0.5) is 0 Å². The summed E-state index contributed by atoms with van der Waals surface area (Å²) in [5.41, 5.74) is 2.31. The molecule has 1 aliphatic rings. The van der Waals surface area contributed by atoms with Crippen LogP contribution in [0.25, 0.3) is 11.4 Å². The molecule has 0 N–H and O–H groups in total. The van der Waals surface area contributed by atoms with Gasteiger partial charge in [0.1, 0.15) is 0 Å². The van der Waals surface area contributed by atoms with Gasteiger partial charge in [0, 0.05) is 18.0 Å². The largest absolute Gasteiger partial charge is 0.338 e. The van der Waals surface area contributed by atoms with Crippen molar-refractivity contribution < 1.29 is 4.52 Å². The lowest BCUT2D eigenvalue weighted by Crippen LogP contribution is -2.00. The van der Waals surface area contributed by atoms with Crippen LogP contribution in [-0.2, 0) is 12.3 Å². The number of aromatic nitrogens is 5. The van der Waals surface area contributed by atoms with Crippen LogP contribution >= 0.6 is 11.8 Å². The summed E-state index contributed by atoms with van der Waals surface area (Å²) < 4.78 is 7.46. The number of rotatable bonds is 6. The maximum Gasteiger partial charge on any atom is 0.237 e. The highest BCUT2D eigenvalue weighted by Crippen LogP contribution is 2.38. The summed E-state index contributed by atoms with van der Waals surface area (Å²) in [7, 11) is 0. The number of aryl methyl sites for hydroxylation is 1. The van der Waals surface area contributed by atoms with Gasteiger partial charge in [-0.15, -0.1) is 10.2 Å². The van der Waals surface area contributed by atoms with Crippen molar-refractivity contribution in [1.82, 2.24) is 24.9 Å². The van der Waals surface area contributed by atoms with Gasteiger partial charge in [-0.25, -0.2) is 0 Å². The lowest BCUT2D eigenvalue weighted by Gasteiger charge is -2.08. The predicted molar refractivity (Wildman–Crippen MR) is 91.7 cm³/mol. The van der Waals surface area contributed by atoms with Crippen LogP contribution in [0.1, 0.15) is 43.0 Å². The third-order valence-corrected chi connectivity index (χ3v) is 5.12. The van der Waals surface area contributed by atoms with E-state index in [9.17, 15) is 0 Å². The van der Waals surface area contributed by atoms with Crippen molar-refractivity contribution in [3.8, 4) is 11.4 Å². The summed E-state index contributed by atoms with van der Waals surface area (Å²) in [6, 6.07) is 8.24. The summed E-state index contributed by atoms with van der Waals surface area (Å²) in [5, 5.41) is 13.7. The molecule has 124 valence electrons. The molecule has 0 atom stereocenters. The minimum atomic E-state index is 0.513. The van der Waals surface area contributed by atoms with Gasteiger partial charge in [0.05, 0.1) is 5.75 Å². The van der Waals surface area contributed by atoms with Crippen molar-refractivity contribution >= 4 is 11.8 Å². The Kier molecular flexibility index (Phi) is 4.10. The molecule has 1 fully saturated rings. The second-order valence-corrected chi connectivity index (χ2v) is 6.92. The Balaban J connectivity index is 1.54. The zero-order valence-corrected chi connectivity index (χ0v) is 14.6. The number of hydrogen-bond donors (Lipinski definition) is 0. The molecule has 6 nitrogen and oxygen atoms in total.